The van der Waals surface area contributed by atoms with E-state index in [1.807, 2.05) is 4.57 Å². The molecule has 1 fully saturated rings. The van der Waals surface area contributed by atoms with Crippen LogP contribution in [0.15, 0.2) is 22.7 Å². The highest BCUT2D eigenvalue weighted by molar-refractivity contribution is 9.10. The fourth-order valence-electron chi connectivity index (χ4n) is 2.27. The van der Waals surface area contributed by atoms with Crippen molar-refractivity contribution in [1.29, 1.82) is 0 Å². The minimum absolute atomic E-state index is 0.348. The first-order valence-corrected chi connectivity index (χ1v) is 7.16. The van der Waals surface area contributed by atoms with Gasteiger partial charge in [0, 0.05) is 16.0 Å². The lowest BCUT2D eigenvalue weighted by Gasteiger charge is -2.05. The minimum Gasteiger partial charge on any atom is -0.383 e. The number of nitrogens with two attached hydrogens (primary N) is 1. The summed E-state index contributed by atoms with van der Waals surface area (Å²) < 4.78 is 16.6. The van der Waals surface area contributed by atoms with Crippen molar-refractivity contribution in [3.63, 3.8) is 0 Å². The zero-order valence-electron chi connectivity index (χ0n) is 10.7. The molecule has 1 aromatic heterocycles. The first kappa shape index (κ1) is 13.2. The van der Waals surface area contributed by atoms with Gasteiger partial charge in [0.25, 0.3) is 0 Å². The Hall–Kier alpha value is -1.80. The molecule has 0 amide bonds. The van der Waals surface area contributed by atoms with Gasteiger partial charge in [-0.3, -0.25) is 0 Å². The highest BCUT2D eigenvalue weighted by Gasteiger charge is 2.31. The highest BCUT2D eigenvalue weighted by Crippen LogP contribution is 2.42. The molecule has 102 valence electrons. The number of imidazole rings is 1. The minimum atomic E-state index is -0.348. The lowest BCUT2D eigenvalue weighted by Crippen LogP contribution is -2.05. The monoisotopic (exact) mass is 333 g/mol. The van der Waals surface area contributed by atoms with Gasteiger partial charge in [-0.1, -0.05) is 21.9 Å². The largest absolute Gasteiger partial charge is 0.383 e. The molecule has 1 saturated carbocycles. The summed E-state index contributed by atoms with van der Waals surface area (Å²) in [5.74, 6) is 3.94. The van der Waals surface area contributed by atoms with E-state index in [0.717, 1.165) is 18.7 Å². The van der Waals surface area contributed by atoms with Crippen LogP contribution in [0.4, 0.5) is 10.2 Å². The van der Waals surface area contributed by atoms with Gasteiger partial charge in [-0.25, -0.2) is 9.37 Å². The molecule has 2 N–H and O–H groups in total. The molecule has 5 heteroatoms. The van der Waals surface area contributed by atoms with E-state index >= 15 is 0 Å². The molecule has 2 aromatic rings. The molecular weight excluding hydrogens is 321 g/mol. The van der Waals surface area contributed by atoms with Crippen LogP contribution in [0.3, 0.4) is 0 Å². The van der Waals surface area contributed by atoms with Crippen LogP contribution in [0.1, 0.15) is 24.6 Å². The Bertz CT molecular complexity index is 711. The summed E-state index contributed by atoms with van der Waals surface area (Å²) in [5, 5.41) is 0. The summed E-state index contributed by atoms with van der Waals surface area (Å²) in [6.45, 7) is 0.364. The average molecular weight is 334 g/mol. The molecule has 1 aromatic carbocycles. The fourth-order valence-corrected chi connectivity index (χ4v) is 2.61. The van der Waals surface area contributed by atoms with Crippen molar-refractivity contribution in [2.45, 2.75) is 25.3 Å². The van der Waals surface area contributed by atoms with Gasteiger partial charge in [0.1, 0.15) is 23.2 Å². The standard InChI is InChI=1S/C15H13BrFN3/c1-2-7-20-14(18)13(19-15(20)9-3-4-9)11-6-5-10(16)8-12(11)17/h1,5-6,8-9H,3-4,7,18H2. The van der Waals surface area contributed by atoms with Gasteiger partial charge in [0.05, 0.1) is 6.54 Å². The fraction of sp³-hybridized carbons (Fsp3) is 0.267. The van der Waals surface area contributed by atoms with Gasteiger partial charge in [0.2, 0.25) is 0 Å². The predicted octanol–water partition coefficient (Wildman–Crippen LogP) is 3.54. The SMILES string of the molecule is C#CCn1c(C2CC2)nc(-c2ccc(Br)cc2F)c1N. The van der Waals surface area contributed by atoms with Crippen LogP contribution in [0.5, 0.6) is 0 Å². The summed E-state index contributed by atoms with van der Waals surface area (Å²) >= 11 is 3.24. The van der Waals surface area contributed by atoms with Crippen LogP contribution in [-0.4, -0.2) is 9.55 Å². The van der Waals surface area contributed by atoms with E-state index in [4.69, 9.17) is 12.2 Å². The van der Waals surface area contributed by atoms with Gasteiger partial charge in [0.15, 0.2) is 0 Å². The molecule has 1 heterocycles. The molecule has 0 radical (unpaired) electrons. The first-order valence-electron chi connectivity index (χ1n) is 6.36. The maximum Gasteiger partial charge on any atom is 0.133 e. The second-order valence-electron chi connectivity index (χ2n) is 4.89. The number of benzene rings is 1. The summed E-state index contributed by atoms with van der Waals surface area (Å²) in [6, 6.07) is 4.86. The van der Waals surface area contributed by atoms with E-state index in [1.54, 1.807) is 12.1 Å². The third-order valence-electron chi connectivity index (χ3n) is 3.41. The number of nitrogen functional groups attached to an aromatic ring is 1. The number of aromatic nitrogens is 2. The molecule has 1 aliphatic rings. The Kier molecular flexibility index (Phi) is 3.27. The van der Waals surface area contributed by atoms with Crippen molar-refractivity contribution in [2.75, 3.05) is 5.73 Å². The predicted molar refractivity (Wildman–Crippen MR) is 80.5 cm³/mol. The Labute approximate surface area is 125 Å². The Morgan fingerprint density at radius 2 is 2.25 bits per heavy atom. The smallest absolute Gasteiger partial charge is 0.133 e. The molecule has 20 heavy (non-hydrogen) atoms. The Morgan fingerprint density at radius 3 is 2.85 bits per heavy atom. The van der Waals surface area contributed by atoms with E-state index < -0.39 is 0 Å². The third kappa shape index (κ3) is 2.20. The van der Waals surface area contributed by atoms with E-state index in [2.05, 4.69) is 26.8 Å². The number of rotatable bonds is 3. The molecule has 0 atom stereocenters. The molecule has 0 bridgehead atoms. The number of hydrogen-bond donors (Lipinski definition) is 1. The van der Waals surface area contributed by atoms with E-state index in [1.165, 1.54) is 6.07 Å². The summed E-state index contributed by atoms with van der Waals surface area (Å²) in [7, 11) is 0. The molecule has 0 aliphatic heterocycles. The third-order valence-corrected chi connectivity index (χ3v) is 3.91. The van der Waals surface area contributed by atoms with Crippen LogP contribution in [0, 0.1) is 18.2 Å². The Morgan fingerprint density at radius 1 is 1.50 bits per heavy atom. The zero-order chi connectivity index (χ0) is 14.3. The number of anilines is 1. The summed E-state index contributed by atoms with van der Waals surface area (Å²) in [5.41, 5.74) is 7.01. The van der Waals surface area contributed by atoms with Crippen LogP contribution in [0.2, 0.25) is 0 Å². The van der Waals surface area contributed by atoms with Crippen molar-refractivity contribution in [3.05, 3.63) is 34.3 Å². The normalized spacial score (nSPS) is 14.2. The average Bonchev–Trinajstić information content (AvgIpc) is 3.19. The van der Waals surface area contributed by atoms with E-state index in [0.29, 0.717) is 34.0 Å². The van der Waals surface area contributed by atoms with Crippen molar-refractivity contribution < 1.29 is 4.39 Å². The van der Waals surface area contributed by atoms with Crippen molar-refractivity contribution >= 4 is 21.7 Å². The maximum absolute atomic E-state index is 14.1. The van der Waals surface area contributed by atoms with Crippen molar-refractivity contribution in [3.8, 4) is 23.6 Å². The molecule has 0 unspecified atom stereocenters. The number of nitrogens with zero attached hydrogens (tertiary/aromatic N) is 2. The Balaban J connectivity index is 2.14. The molecule has 3 rings (SSSR count). The quantitative estimate of drug-likeness (QED) is 0.873. The highest BCUT2D eigenvalue weighted by atomic mass is 79.9. The maximum atomic E-state index is 14.1. The first-order chi connectivity index (χ1) is 9.61. The van der Waals surface area contributed by atoms with E-state index in [9.17, 15) is 4.39 Å². The summed E-state index contributed by atoms with van der Waals surface area (Å²) in [4.78, 5) is 4.54. The lowest BCUT2D eigenvalue weighted by atomic mass is 10.1. The van der Waals surface area contributed by atoms with Crippen LogP contribution in [0.25, 0.3) is 11.3 Å². The van der Waals surface area contributed by atoms with Gasteiger partial charge in [-0.05, 0) is 31.0 Å². The molecule has 3 nitrogen and oxygen atoms in total. The topological polar surface area (TPSA) is 43.8 Å². The molecule has 0 saturated heterocycles. The van der Waals surface area contributed by atoms with Gasteiger partial charge in [-0.15, -0.1) is 6.42 Å². The second-order valence-corrected chi connectivity index (χ2v) is 5.81. The van der Waals surface area contributed by atoms with Gasteiger partial charge >= 0.3 is 0 Å². The molecule has 0 spiro atoms. The lowest BCUT2D eigenvalue weighted by molar-refractivity contribution is 0.630. The molecule has 1 aliphatic carbocycles. The number of halogens is 2. The van der Waals surface area contributed by atoms with Gasteiger partial charge < -0.3 is 10.3 Å². The summed E-state index contributed by atoms with van der Waals surface area (Å²) in [6.07, 6.45) is 7.56. The van der Waals surface area contributed by atoms with Gasteiger partial charge in [-0.2, -0.15) is 0 Å². The van der Waals surface area contributed by atoms with Crippen LogP contribution >= 0.6 is 15.9 Å². The van der Waals surface area contributed by atoms with Crippen molar-refractivity contribution in [2.24, 2.45) is 0 Å². The number of hydrogen-bond acceptors (Lipinski definition) is 2. The second kappa shape index (κ2) is 4.95. The number of terminal acetylenes is 1. The van der Waals surface area contributed by atoms with Crippen LogP contribution < -0.4 is 5.73 Å². The zero-order valence-corrected chi connectivity index (χ0v) is 12.3. The van der Waals surface area contributed by atoms with Crippen molar-refractivity contribution in [1.82, 2.24) is 9.55 Å². The van der Waals surface area contributed by atoms with Crippen LogP contribution in [-0.2, 0) is 6.54 Å². The van der Waals surface area contributed by atoms with E-state index in [-0.39, 0.29) is 5.82 Å². The molecular formula is C15H13BrFN3.